The van der Waals surface area contributed by atoms with E-state index in [-0.39, 0.29) is 0 Å². The molecule has 0 unspecified atom stereocenters. The standard InChI is InChI=1S/C12H23.3C4H9.Sn/c1-3-5-7-9-11-12-10-8-6-4-2;3*1-3-4-2;/h3,5H,1,4,6-12H2,2H3;3*1,3-4H2,2H3;/b5-3+;;;;. The van der Waals surface area contributed by atoms with Crippen LogP contribution in [-0.4, -0.2) is 18.4 Å². The molecule has 0 rings (SSSR count). The van der Waals surface area contributed by atoms with Crippen LogP contribution in [0.2, 0.25) is 17.7 Å². The minimum atomic E-state index is -1.88. The van der Waals surface area contributed by atoms with Crippen molar-refractivity contribution in [3.8, 4) is 0 Å². The Morgan fingerprint density at radius 2 is 0.920 bits per heavy atom. The average molecular weight is 457 g/mol. The van der Waals surface area contributed by atoms with E-state index < -0.39 is 18.4 Å². The van der Waals surface area contributed by atoms with Gasteiger partial charge in [0.05, 0.1) is 0 Å². The summed E-state index contributed by atoms with van der Waals surface area (Å²) in [6.07, 6.45) is 25.3. The number of unbranched alkanes of at least 4 members (excludes halogenated alkanes) is 10. The molecule has 0 heterocycles. The Bertz CT molecular complexity index is 260. The molecule has 0 aromatic rings. The van der Waals surface area contributed by atoms with Crippen molar-refractivity contribution in [1.82, 2.24) is 0 Å². The van der Waals surface area contributed by atoms with Crippen molar-refractivity contribution < 1.29 is 0 Å². The van der Waals surface area contributed by atoms with Gasteiger partial charge < -0.3 is 0 Å². The van der Waals surface area contributed by atoms with Gasteiger partial charge in [0.1, 0.15) is 0 Å². The molecule has 0 radical (unpaired) electrons. The van der Waals surface area contributed by atoms with E-state index in [2.05, 4.69) is 39.8 Å². The molecule has 0 amide bonds. The summed E-state index contributed by atoms with van der Waals surface area (Å²) < 4.78 is 6.53. The quantitative estimate of drug-likeness (QED) is 0.103. The SMILES string of the molecule is CCCCCCCCC/C=C/[CH2][Sn]([CH2]CCC)([CH2]CCC)[CH2]CCC. The summed E-state index contributed by atoms with van der Waals surface area (Å²) in [7, 11) is 0. The first-order valence-corrected chi connectivity index (χ1v) is 20.0. The van der Waals surface area contributed by atoms with Crippen molar-refractivity contribution in [3.63, 3.8) is 0 Å². The third-order valence-corrected chi connectivity index (χ3v) is 21.1. The van der Waals surface area contributed by atoms with Crippen LogP contribution in [0.4, 0.5) is 0 Å². The van der Waals surface area contributed by atoms with E-state index in [1.807, 2.05) is 0 Å². The zero-order valence-corrected chi connectivity index (χ0v) is 21.2. The van der Waals surface area contributed by atoms with Gasteiger partial charge in [-0.05, 0) is 0 Å². The Morgan fingerprint density at radius 3 is 1.40 bits per heavy atom. The Kier molecular flexibility index (Phi) is 19.7. The summed E-state index contributed by atoms with van der Waals surface area (Å²) in [5, 5.41) is 0. The molecule has 0 saturated heterocycles. The summed E-state index contributed by atoms with van der Waals surface area (Å²) in [6.45, 7) is 9.45. The van der Waals surface area contributed by atoms with Crippen LogP contribution in [0, 0.1) is 0 Å². The molecular formula is C24H50Sn. The monoisotopic (exact) mass is 458 g/mol. The number of rotatable bonds is 19. The van der Waals surface area contributed by atoms with Gasteiger partial charge in [0.15, 0.2) is 0 Å². The molecule has 0 N–H and O–H groups in total. The van der Waals surface area contributed by atoms with Gasteiger partial charge in [0, 0.05) is 0 Å². The van der Waals surface area contributed by atoms with Crippen LogP contribution in [0.15, 0.2) is 12.2 Å². The fourth-order valence-corrected chi connectivity index (χ4v) is 19.2. The fraction of sp³-hybridized carbons (Fsp3) is 0.917. The Balaban J connectivity index is 4.19. The molecule has 0 atom stereocenters. The van der Waals surface area contributed by atoms with E-state index in [0.29, 0.717) is 0 Å². The van der Waals surface area contributed by atoms with Crippen molar-refractivity contribution in [2.45, 2.75) is 135 Å². The molecule has 0 aliphatic rings. The summed E-state index contributed by atoms with van der Waals surface area (Å²) in [4.78, 5) is 0. The second-order valence-corrected chi connectivity index (χ2v) is 22.4. The van der Waals surface area contributed by atoms with Gasteiger partial charge in [-0.3, -0.25) is 0 Å². The zero-order chi connectivity index (χ0) is 18.6. The van der Waals surface area contributed by atoms with Crippen LogP contribution < -0.4 is 0 Å². The number of allylic oxidation sites excluding steroid dienone is 2. The van der Waals surface area contributed by atoms with E-state index in [1.165, 1.54) is 89.9 Å². The first-order chi connectivity index (χ1) is 12.2. The van der Waals surface area contributed by atoms with Crippen LogP contribution in [0.5, 0.6) is 0 Å². The Hall–Kier alpha value is 0.539. The molecule has 0 aliphatic heterocycles. The third-order valence-electron chi connectivity index (χ3n) is 5.87. The van der Waals surface area contributed by atoms with Crippen molar-refractivity contribution in [2.75, 3.05) is 0 Å². The molecule has 25 heavy (non-hydrogen) atoms. The molecule has 150 valence electrons. The van der Waals surface area contributed by atoms with Crippen LogP contribution in [0.1, 0.15) is 118 Å². The second kappa shape index (κ2) is 19.3. The molecule has 1 heteroatoms. The maximum absolute atomic E-state index is 2.65. The predicted octanol–water partition coefficient (Wildman–Crippen LogP) is 9.53. The van der Waals surface area contributed by atoms with Gasteiger partial charge in [0.25, 0.3) is 0 Å². The molecule has 0 aromatic carbocycles. The molecular weight excluding hydrogens is 407 g/mol. The van der Waals surface area contributed by atoms with Crippen molar-refractivity contribution in [2.24, 2.45) is 0 Å². The van der Waals surface area contributed by atoms with Gasteiger partial charge in [-0.1, -0.05) is 0 Å². The van der Waals surface area contributed by atoms with Crippen LogP contribution in [0.3, 0.4) is 0 Å². The topological polar surface area (TPSA) is 0 Å². The van der Waals surface area contributed by atoms with E-state index in [9.17, 15) is 0 Å². The van der Waals surface area contributed by atoms with Crippen LogP contribution in [-0.2, 0) is 0 Å². The maximum atomic E-state index is 2.65. The second-order valence-electron chi connectivity index (χ2n) is 8.40. The van der Waals surface area contributed by atoms with E-state index in [0.717, 1.165) is 0 Å². The predicted molar refractivity (Wildman–Crippen MR) is 121 cm³/mol. The van der Waals surface area contributed by atoms with Crippen molar-refractivity contribution in [1.29, 1.82) is 0 Å². The summed E-state index contributed by atoms with van der Waals surface area (Å²) >= 11 is -1.88. The van der Waals surface area contributed by atoms with Gasteiger partial charge in [-0.25, -0.2) is 0 Å². The Labute approximate surface area is 165 Å². The van der Waals surface area contributed by atoms with Gasteiger partial charge in [-0.15, -0.1) is 0 Å². The van der Waals surface area contributed by atoms with E-state index in [1.54, 1.807) is 17.7 Å². The molecule has 0 fully saturated rings. The van der Waals surface area contributed by atoms with Gasteiger partial charge in [-0.2, -0.15) is 0 Å². The van der Waals surface area contributed by atoms with Crippen molar-refractivity contribution >= 4 is 18.4 Å². The zero-order valence-electron chi connectivity index (χ0n) is 18.4. The number of hydrogen-bond donors (Lipinski definition) is 0. The molecule has 0 saturated carbocycles. The van der Waals surface area contributed by atoms with E-state index >= 15 is 0 Å². The van der Waals surface area contributed by atoms with E-state index in [4.69, 9.17) is 0 Å². The van der Waals surface area contributed by atoms with Crippen LogP contribution >= 0.6 is 0 Å². The van der Waals surface area contributed by atoms with Gasteiger partial charge >= 0.3 is 166 Å². The molecule has 0 aromatic heterocycles. The minimum absolute atomic E-state index is 1.34. The average Bonchev–Trinajstić information content (AvgIpc) is 2.64. The molecule has 0 aliphatic carbocycles. The first kappa shape index (κ1) is 25.5. The Morgan fingerprint density at radius 1 is 0.480 bits per heavy atom. The number of hydrogen-bond acceptors (Lipinski definition) is 0. The normalized spacial score (nSPS) is 12.3. The van der Waals surface area contributed by atoms with Crippen molar-refractivity contribution in [3.05, 3.63) is 12.2 Å². The molecule has 0 nitrogen and oxygen atoms in total. The first-order valence-electron chi connectivity index (χ1n) is 11.9. The van der Waals surface area contributed by atoms with Gasteiger partial charge in [0.2, 0.25) is 0 Å². The molecule has 0 bridgehead atoms. The summed E-state index contributed by atoms with van der Waals surface area (Å²) in [6, 6.07) is 0. The third kappa shape index (κ3) is 15.3. The fourth-order valence-electron chi connectivity index (χ4n) is 4.01. The summed E-state index contributed by atoms with van der Waals surface area (Å²) in [5.41, 5.74) is 0. The van der Waals surface area contributed by atoms with Crippen LogP contribution in [0.25, 0.3) is 0 Å². The molecule has 0 spiro atoms. The summed E-state index contributed by atoms with van der Waals surface area (Å²) in [5.74, 6) is 0.